The first-order chi connectivity index (χ1) is 20.4. The molecule has 2 aromatic carbocycles. The summed E-state index contributed by atoms with van der Waals surface area (Å²) in [4.78, 5) is 19.5. The predicted molar refractivity (Wildman–Crippen MR) is 158 cm³/mol. The van der Waals surface area contributed by atoms with E-state index in [1.165, 1.54) is 4.90 Å². The fraction of sp³-hybridized carbons (Fsp3) is 0.452. The number of likely N-dealkylation sites (tertiary alicyclic amines) is 1. The summed E-state index contributed by atoms with van der Waals surface area (Å²) in [5.41, 5.74) is 3.46. The fourth-order valence-electron chi connectivity index (χ4n) is 5.34. The van der Waals surface area contributed by atoms with Crippen molar-refractivity contribution in [1.82, 2.24) is 14.8 Å². The molecule has 5 rings (SSSR count). The third kappa shape index (κ3) is 6.95. The molecule has 0 spiro atoms. The van der Waals surface area contributed by atoms with Gasteiger partial charge in [-0.3, -0.25) is 9.88 Å². The van der Waals surface area contributed by atoms with Gasteiger partial charge in [-0.15, -0.1) is 0 Å². The lowest BCUT2D eigenvalue weighted by atomic mass is 10.1. The highest BCUT2D eigenvalue weighted by Gasteiger charge is 2.24. The number of benzene rings is 2. The number of morpholine rings is 1. The average Bonchev–Trinajstić information content (AvgIpc) is 3.01. The number of fused-ring (bicyclic) bond motifs is 1. The molecule has 3 aromatic rings. The normalized spacial score (nSPS) is 16.2. The van der Waals surface area contributed by atoms with Crippen LogP contribution in [0.2, 0.25) is 0 Å². The molecule has 2 N–H and O–H groups in total. The molecule has 3 heterocycles. The quantitative estimate of drug-likeness (QED) is 0.326. The van der Waals surface area contributed by atoms with E-state index in [0.29, 0.717) is 60.8 Å². The van der Waals surface area contributed by atoms with Crippen LogP contribution in [0.3, 0.4) is 0 Å². The molecule has 0 unspecified atom stereocenters. The second kappa shape index (κ2) is 13.6. The van der Waals surface area contributed by atoms with Gasteiger partial charge in [0.25, 0.3) is 0 Å². The Kier molecular flexibility index (Phi) is 9.46. The number of nitrogens with zero attached hydrogens (tertiary/aromatic N) is 4. The molecule has 11 heteroatoms. The maximum Gasteiger partial charge on any atom is 0.407 e. The number of methoxy groups -OCH3 is 1. The number of pyridine rings is 1. The van der Waals surface area contributed by atoms with Gasteiger partial charge >= 0.3 is 6.09 Å². The smallest absolute Gasteiger partial charge is 0.407 e. The van der Waals surface area contributed by atoms with E-state index in [2.05, 4.69) is 21.3 Å². The van der Waals surface area contributed by atoms with Crippen molar-refractivity contribution in [2.24, 2.45) is 0 Å². The van der Waals surface area contributed by atoms with Gasteiger partial charge in [0.2, 0.25) is 0 Å². The van der Waals surface area contributed by atoms with Crippen molar-refractivity contribution in [3.8, 4) is 23.3 Å². The van der Waals surface area contributed by atoms with E-state index in [0.717, 1.165) is 61.7 Å². The molecule has 1 aromatic heterocycles. The number of anilines is 2. The number of carboxylic acid groups (broad SMARTS) is 1. The van der Waals surface area contributed by atoms with Crippen LogP contribution in [0.1, 0.15) is 30.4 Å². The van der Waals surface area contributed by atoms with Gasteiger partial charge in [-0.25, -0.2) is 4.79 Å². The van der Waals surface area contributed by atoms with Crippen molar-refractivity contribution in [2.75, 3.05) is 65.0 Å². The number of nitrogens with one attached hydrogen (secondary N) is 1. The number of aryl methyl sites for hydroxylation is 1. The summed E-state index contributed by atoms with van der Waals surface area (Å²) >= 11 is 0. The van der Waals surface area contributed by atoms with E-state index in [4.69, 9.17) is 18.9 Å². The topological polar surface area (TPSA) is 129 Å². The lowest BCUT2D eigenvalue weighted by molar-refractivity contribution is 0.0357. The monoisotopic (exact) mass is 575 g/mol. The molecule has 2 saturated heterocycles. The zero-order valence-electron chi connectivity index (χ0n) is 24.1. The summed E-state index contributed by atoms with van der Waals surface area (Å²) in [6.45, 7) is 7.79. The standard InChI is InChI=1S/C31H37N5O6/c1-21-16-23(4-5-27(21)42-24-6-9-36(10-7-24)31(37)38)34-30-22(19-32)20-33-26-18-28(39-2)29(17-25(26)30)41-13-3-8-35-11-14-40-15-12-35/h4-5,16-18,20,24H,3,6-15H2,1-2H3,(H,33,34)(H,37,38). The van der Waals surface area contributed by atoms with Gasteiger partial charge < -0.3 is 34.3 Å². The summed E-state index contributed by atoms with van der Waals surface area (Å²) in [5, 5.41) is 23.3. The second-order valence-corrected chi connectivity index (χ2v) is 10.5. The van der Waals surface area contributed by atoms with E-state index >= 15 is 0 Å². The molecule has 2 aliphatic rings. The SMILES string of the molecule is COc1cc2ncc(C#N)c(Nc3ccc(OC4CCN(C(=O)O)CC4)c(C)c3)c2cc1OCCCN1CCOCC1. The third-order valence-electron chi connectivity index (χ3n) is 7.70. The zero-order valence-corrected chi connectivity index (χ0v) is 24.1. The van der Waals surface area contributed by atoms with E-state index < -0.39 is 6.09 Å². The van der Waals surface area contributed by atoms with Crippen molar-refractivity contribution < 1.29 is 28.8 Å². The highest BCUT2D eigenvalue weighted by molar-refractivity contribution is 5.97. The molecule has 42 heavy (non-hydrogen) atoms. The first-order valence-corrected chi connectivity index (χ1v) is 14.3. The average molecular weight is 576 g/mol. The van der Waals surface area contributed by atoms with Gasteiger partial charge in [0.05, 0.1) is 43.7 Å². The van der Waals surface area contributed by atoms with Gasteiger partial charge in [0.1, 0.15) is 17.9 Å². The van der Waals surface area contributed by atoms with Crippen molar-refractivity contribution in [2.45, 2.75) is 32.3 Å². The van der Waals surface area contributed by atoms with Crippen LogP contribution in [-0.4, -0.2) is 91.7 Å². The minimum atomic E-state index is -0.888. The fourth-order valence-corrected chi connectivity index (χ4v) is 5.34. The first kappa shape index (κ1) is 29.2. The maximum absolute atomic E-state index is 11.2. The molecule has 2 aliphatic heterocycles. The number of hydrogen-bond acceptors (Lipinski definition) is 9. The van der Waals surface area contributed by atoms with Crippen LogP contribution in [0, 0.1) is 18.3 Å². The molecule has 0 atom stereocenters. The van der Waals surface area contributed by atoms with Crippen LogP contribution < -0.4 is 19.5 Å². The Bertz CT molecular complexity index is 1440. The lowest BCUT2D eigenvalue weighted by Gasteiger charge is -2.30. The lowest BCUT2D eigenvalue weighted by Crippen LogP contribution is -2.41. The number of rotatable bonds is 10. The first-order valence-electron chi connectivity index (χ1n) is 14.3. The van der Waals surface area contributed by atoms with Crippen LogP contribution >= 0.6 is 0 Å². The van der Waals surface area contributed by atoms with Crippen molar-refractivity contribution in [3.63, 3.8) is 0 Å². The largest absolute Gasteiger partial charge is 0.493 e. The Labute approximate surface area is 245 Å². The highest BCUT2D eigenvalue weighted by atomic mass is 16.5. The molecule has 11 nitrogen and oxygen atoms in total. The minimum Gasteiger partial charge on any atom is -0.493 e. The Hall–Kier alpha value is -4.27. The van der Waals surface area contributed by atoms with Crippen LogP contribution in [0.5, 0.6) is 17.2 Å². The van der Waals surface area contributed by atoms with Crippen LogP contribution in [0.4, 0.5) is 16.2 Å². The number of nitriles is 1. The molecule has 0 saturated carbocycles. The maximum atomic E-state index is 11.2. The number of amides is 1. The molecule has 0 radical (unpaired) electrons. The molecule has 2 fully saturated rings. The highest BCUT2D eigenvalue weighted by Crippen LogP contribution is 2.38. The molecule has 0 aliphatic carbocycles. The number of hydrogen-bond donors (Lipinski definition) is 2. The summed E-state index contributed by atoms with van der Waals surface area (Å²) in [6.07, 6.45) is 2.81. The number of carbonyl (C=O) groups is 1. The summed E-state index contributed by atoms with van der Waals surface area (Å²) in [6, 6.07) is 11.8. The molecule has 1 amide bonds. The zero-order chi connectivity index (χ0) is 29.5. The Morgan fingerprint density at radius 3 is 2.62 bits per heavy atom. The summed E-state index contributed by atoms with van der Waals surface area (Å²) in [5.74, 6) is 1.94. The Balaban J connectivity index is 1.31. The van der Waals surface area contributed by atoms with E-state index in [-0.39, 0.29) is 6.10 Å². The summed E-state index contributed by atoms with van der Waals surface area (Å²) < 4.78 is 23.4. The molecule has 0 bridgehead atoms. The molecular weight excluding hydrogens is 538 g/mol. The number of ether oxygens (including phenoxy) is 4. The third-order valence-corrected chi connectivity index (χ3v) is 7.70. The van der Waals surface area contributed by atoms with Crippen molar-refractivity contribution >= 4 is 28.4 Å². The van der Waals surface area contributed by atoms with Gasteiger partial charge in [-0.2, -0.15) is 5.26 Å². The number of piperidine rings is 1. The van der Waals surface area contributed by atoms with E-state index in [9.17, 15) is 15.2 Å². The van der Waals surface area contributed by atoms with Gasteiger partial charge in [0, 0.05) is 68.9 Å². The van der Waals surface area contributed by atoms with Gasteiger partial charge in [-0.1, -0.05) is 0 Å². The summed E-state index contributed by atoms with van der Waals surface area (Å²) in [7, 11) is 1.60. The van der Waals surface area contributed by atoms with Crippen LogP contribution in [0.25, 0.3) is 10.9 Å². The number of aromatic nitrogens is 1. The second-order valence-electron chi connectivity index (χ2n) is 10.5. The predicted octanol–water partition coefficient (Wildman–Crippen LogP) is 4.79. The molecular formula is C31H37N5O6. The van der Waals surface area contributed by atoms with Gasteiger partial charge in [0.15, 0.2) is 11.5 Å². The molecule has 222 valence electrons. The minimum absolute atomic E-state index is 0.0327. The van der Waals surface area contributed by atoms with Crippen LogP contribution in [0.15, 0.2) is 36.5 Å². The van der Waals surface area contributed by atoms with Crippen molar-refractivity contribution in [1.29, 1.82) is 5.26 Å². The van der Waals surface area contributed by atoms with Gasteiger partial charge in [-0.05, 0) is 43.2 Å². The van der Waals surface area contributed by atoms with Crippen molar-refractivity contribution in [3.05, 3.63) is 47.7 Å². The van der Waals surface area contributed by atoms with Crippen LogP contribution in [-0.2, 0) is 4.74 Å². The Morgan fingerprint density at radius 1 is 1.14 bits per heavy atom. The Morgan fingerprint density at radius 2 is 1.93 bits per heavy atom. The van der Waals surface area contributed by atoms with E-state index in [1.807, 2.05) is 37.3 Å². The van der Waals surface area contributed by atoms with E-state index in [1.54, 1.807) is 13.3 Å².